The minimum atomic E-state index is -5.74. The number of pyridine rings is 1. The second-order valence-corrected chi connectivity index (χ2v) is 9.73. The van der Waals surface area contributed by atoms with Gasteiger partial charge in [-0.15, -0.1) is 0 Å². The molecule has 0 aliphatic carbocycles. The van der Waals surface area contributed by atoms with Crippen molar-refractivity contribution in [1.29, 1.82) is 0 Å². The molecule has 1 aromatic heterocycles. The predicted octanol–water partition coefficient (Wildman–Crippen LogP) is 5.70. The molecule has 0 N–H and O–H groups in total. The van der Waals surface area contributed by atoms with Crippen LogP contribution in [0.1, 0.15) is 32.9 Å². The standard InChI is InChI=1S/C27H20F3NO4S/c28-27(29,30)36(33,34)25-17-16-23(31-24(25)18-32)19-35-26(20-10-4-1-5-11-20,21-12-6-2-7-13-21)22-14-8-3-9-15-22/h1-18H,19H2. The van der Waals surface area contributed by atoms with Gasteiger partial charge in [-0.3, -0.25) is 4.79 Å². The summed E-state index contributed by atoms with van der Waals surface area (Å²) in [6.07, 6.45) is -0.0129. The normalized spacial score (nSPS) is 12.3. The number of carbonyl (C=O) groups is 1. The fourth-order valence-corrected chi connectivity index (χ4v) is 4.84. The van der Waals surface area contributed by atoms with E-state index in [1.807, 2.05) is 91.0 Å². The summed E-state index contributed by atoms with van der Waals surface area (Å²) in [5.74, 6) is 0. The number of sulfone groups is 1. The highest BCUT2D eigenvalue weighted by Crippen LogP contribution is 2.41. The van der Waals surface area contributed by atoms with E-state index < -0.39 is 31.5 Å². The van der Waals surface area contributed by atoms with Crippen molar-refractivity contribution in [3.8, 4) is 0 Å². The number of rotatable bonds is 8. The molecule has 0 radical (unpaired) electrons. The summed E-state index contributed by atoms with van der Waals surface area (Å²) in [4.78, 5) is 14.2. The molecule has 0 atom stereocenters. The van der Waals surface area contributed by atoms with Crippen molar-refractivity contribution in [2.24, 2.45) is 0 Å². The Morgan fingerprint density at radius 1 is 0.722 bits per heavy atom. The topological polar surface area (TPSA) is 73.3 Å². The molecule has 0 aliphatic rings. The molecule has 36 heavy (non-hydrogen) atoms. The van der Waals surface area contributed by atoms with E-state index in [0.717, 1.165) is 28.8 Å². The van der Waals surface area contributed by atoms with E-state index >= 15 is 0 Å². The fraction of sp³-hybridized carbons (Fsp3) is 0.111. The summed E-state index contributed by atoms with van der Waals surface area (Å²) in [5, 5.41) is 0. The van der Waals surface area contributed by atoms with Gasteiger partial charge >= 0.3 is 5.51 Å². The van der Waals surface area contributed by atoms with Crippen molar-refractivity contribution in [2.75, 3.05) is 0 Å². The molecule has 4 rings (SSSR count). The second-order valence-electron chi connectivity index (χ2n) is 7.82. The quantitative estimate of drug-likeness (QED) is 0.224. The molecule has 1 heterocycles. The molecule has 3 aromatic carbocycles. The first-order valence-corrected chi connectivity index (χ1v) is 12.3. The van der Waals surface area contributed by atoms with Crippen molar-refractivity contribution in [2.45, 2.75) is 22.6 Å². The molecule has 4 aromatic rings. The van der Waals surface area contributed by atoms with Gasteiger partial charge in [0.2, 0.25) is 0 Å². The van der Waals surface area contributed by atoms with Crippen LogP contribution >= 0.6 is 0 Å². The third kappa shape index (κ3) is 4.67. The maximum absolute atomic E-state index is 13.0. The van der Waals surface area contributed by atoms with E-state index in [4.69, 9.17) is 4.74 Å². The molecule has 0 saturated heterocycles. The lowest BCUT2D eigenvalue weighted by Gasteiger charge is -2.36. The first-order chi connectivity index (χ1) is 17.2. The van der Waals surface area contributed by atoms with Gasteiger partial charge in [0.05, 0.1) is 12.3 Å². The Morgan fingerprint density at radius 3 is 1.56 bits per heavy atom. The molecule has 0 aliphatic heterocycles. The summed E-state index contributed by atoms with van der Waals surface area (Å²) < 4.78 is 69.4. The lowest BCUT2D eigenvalue weighted by atomic mass is 9.80. The van der Waals surface area contributed by atoms with Gasteiger partial charge in [-0.25, -0.2) is 13.4 Å². The van der Waals surface area contributed by atoms with E-state index in [1.165, 1.54) is 0 Å². The summed E-state index contributed by atoms with van der Waals surface area (Å²) in [5.41, 5.74) is -5.08. The van der Waals surface area contributed by atoms with Crippen LogP contribution in [0.3, 0.4) is 0 Å². The minimum absolute atomic E-state index is 0.0129. The number of hydrogen-bond donors (Lipinski definition) is 0. The van der Waals surface area contributed by atoms with Gasteiger partial charge in [-0.05, 0) is 28.8 Å². The van der Waals surface area contributed by atoms with Crippen LogP contribution in [0.25, 0.3) is 0 Å². The van der Waals surface area contributed by atoms with Crippen molar-refractivity contribution in [3.05, 3.63) is 131 Å². The van der Waals surface area contributed by atoms with Crippen LogP contribution in [0.4, 0.5) is 13.2 Å². The van der Waals surface area contributed by atoms with Gasteiger partial charge in [0.1, 0.15) is 16.2 Å². The Labute approximate surface area is 206 Å². The zero-order valence-corrected chi connectivity index (χ0v) is 19.5. The molecule has 0 amide bonds. The monoisotopic (exact) mass is 511 g/mol. The average Bonchev–Trinajstić information content (AvgIpc) is 2.90. The molecule has 0 unspecified atom stereocenters. The lowest BCUT2D eigenvalue weighted by Crippen LogP contribution is -2.33. The predicted molar refractivity (Wildman–Crippen MR) is 127 cm³/mol. The minimum Gasteiger partial charge on any atom is -0.355 e. The van der Waals surface area contributed by atoms with Crippen LogP contribution in [-0.2, 0) is 26.8 Å². The van der Waals surface area contributed by atoms with Crippen molar-refractivity contribution >= 4 is 16.1 Å². The molecule has 0 saturated carbocycles. The molecule has 184 valence electrons. The van der Waals surface area contributed by atoms with Gasteiger partial charge in [-0.1, -0.05) is 91.0 Å². The van der Waals surface area contributed by atoms with E-state index in [-0.39, 0.29) is 18.6 Å². The van der Waals surface area contributed by atoms with Crippen LogP contribution < -0.4 is 0 Å². The maximum atomic E-state index is 13.0. The van der Waals surface area contributed by atoms with Crippen LogP contribution in [-0.4, -0.2) is 25.2 Å². The number of benzene rings is 3. The largest absolute Gasteiger partial charge is 0.501 e. The van der Waals surface area contributed by atoms with Gasteiger partial charge in [0.15, 0.2) is 6.29 Å². The summed E-state index contributed by atoms with van der Waals surface area (Å²) in [6, 6.07) is 29.9. The Kier molecular flexibility index (Phi) is 7.05. The third-order valence-corrected chi connectivity index (χ3v) is 7.16. The molecule has 0 bridgehead atoms. The zero-order chi connectivity index (χ0) is 25.8. The smallest absolute Gasteiger partial charge is 0.355 e. The van der Waals surface area contributed by atoms with Gasteiger partial charge < -0.3 is 4.74 Å². The van der Waals surface area contributed by atoms with E-state index in [1.54, 1.807) is 0 Å². The van der Waals surface area contributed by atoms with Crippen LogP contribution in [0.2, 0.25) is 0 Å². The Balaban J connectivity index is 1.82. The number of alkyl halides is 3. The van der Waals surface area contributed by atoms with Gasteiger partial charge in [0, 0.05) is 0 Å². The SMILES string of the molecule is O=Cc1nc(COC(c2ccccc2)(c2ccccc2)c2ccccc2)ccc1S(=O)(=O)C(F)(F)F. The van der Waals surface area contributed by atoms with E-state index in [9.17, 15) is 26.4 Å². The van der Waals surface area contributed by atoms with Gasteiger partial charge in [-0.2, -0.15) is 13.2 Å². The molecule has 0 spiro atoms. The van der Waals surface area contributed by atoms with E-state index in [0.29, 0.717) is 0 Å². The third-order valence-electron chi connectivity index (χ3n) is 5.63. The fourth-order valence-electron chi connectivity index (χ4n) is 3.97. The van der Waals surface area contributed by atoms with Crippen LogP contribution in [0, 0.1) is 0 Å². The number of carbonyl (C=O) groups excluding carboxylic acids is 1. The van der Waals surface area contributed by atoms with E-state index in [2.05, 4.69) is 4.98 Å². The molecular formula is C27H20F3NO4S. The lowest BCUT2D eigenvalue weighted by molar-refractivity contribution is -0.0436. The highest BCUT2D eigenvalue weighted by Gasteiger charge is 2.48. The Morgan fingerprint density at radius 2 is 1.17 bits per heavy atom. The molecule has 9 heteroatoms. The first kappa shape index (κ1) is 25.3. The molecule has 0 fully saturated rings. The molecule has 5 nitrogen and oxygen atoms in total. The number of hydrogen-bond acceptors (Lipinski definition) is 5. The number of nitrogens with zero attached hydrogens (tertiary/aromatic N) is 1. The zero-order valence-electron chi connectivity index (χ0n) is 18.7. The average molecular weight is 512 g/mol. The summed E-state index contributed by atoms with van der Waals surface area (Å²) in [7, 11) is -5.74. The van der Waals surface area contributed by atoms with Crippen molar-refractivity contribution in [3.63, 3.8) is 0 Å². The van der Waals surface area contributed by atoms with Crippen LogP contribution in [0.15, 0.2) is 108 Å². The molecular weight excluding hydrogens is 491 g/mol. The van der Waals surface area contributed by atoms with Gasteiger partial charge in [0.25, 0.3) is 9.84 Å². The van der Waals surface area contributed by atoms with Crippen molar-refractivity contribution in [1.82, 2.24) is 4.98 Å². The number of halogens is 3. The highest BCUT2D eigenvalue weighted by atomic mass is 32.2. The first-order valence-electron chi connectivity index (χ1n) is 10.8. The summed E-state index contributed by atoms with van der Waals surface area (Å²) >= 11 is 0. The Bertz CT molecular complexity index is 1350. The number of aldehydes is 1. The summed E-state index contributed by atoms with van der Waals surface area (Å²) in [6.45, 7) is -0.230. The number of aromatic nitrogens is 1. The number of ether oxygens (including phenoxy) is 1. The highest BCUT2D eigenvalue weighted by molar-refractivity contribution is 7.92. The second kappa shape index (κ2) is 10.0. The van der Waals surface area contributed by atoms with Crippen molar-refractivity contribution < 1.29 is 31.1 Å². The van der Waals surface area contributed by atoms with Crippen LogP contribution in [0.5, 0.6) is 0 Å². The Hall–Kier alpha value is -3.82. The maximum Gasteiger partial charge on any atom is 0.501 e.